The van der Waals surface area contributed by atoms with Crippen molar-refractivity contribution >= 4 is 34.0 Å². The number of carbonyl (C=O) groups excluding carboxylic acids is 2. The van der Waals surface area contributed by atoms with Crippen molar-refractivity contribution in [2.45, 2.75) is 38.7 Å². The van der Waals surface area contributed by atoms with Crippen LogP contribution in [0, 0.1) is 0 Å². The quantitative estimate of drug-likeness (QED) is 0.733. The lowest BCUT2D eigenvalue weighted by molar-refractivity contribution is -0.111. The predicted octanol–water partition coefficient (Wildman–Crippen LogP) is 3.66. The molecule has 108 valence electrons. The van der Waals surface area contributed by atoms with Crippen molar-refractivity contribution in [2.75, 3.05) is 11.4 Å². The number of anilines is 1. The van der Waals surface area contributed by atoms with Gasteiger partial charge in [-0.25, -0.2) is 4.79 Å². The minimum absolute atomic E-state index is 0.303. The van der Waals surface area contributed by atoms with Crippen LogP contribution in [0.3, 0.4) is 0 Å². The van der Waals surface area contributed by atoms with Crippen molar-refractivity contribution in [3.63, 3.8) is 0 Å². The molecular weight excluding hydrogens is 322 g/mol. The Kier molecular flexibility index (Phi) is 3.67. The molecule has 4 nitrogen and oxygen atoms in total. The molecule has 0 radical (unpaired) electrons. The first-order valence-corrected chi connectivity index (χ1v) is 7.22. The fourth-order valence-electron chi connectivity index (χ4n) is 2.29. The molecule has 5 heteroatoms. The Morgan fingerprint density at radius 1 is 1.45 bits per heavy atom. The average molecular weight is 340 g/mol. The number of halogens is 1. The third kappa shape index (κ3) is 2.73. The fraction of sp³-hybridized carbons (Fsp3) is 0.467. The van der Waals surface area contributed by atoms with Gasteiger partial charge in [0.15, 0.2) is 0 Å². The van der Waals surface area contributed by atoms with Crippen molar-refractivity contribution < 1.29 is 14.3 Å². The second kappa shape index (κ2) is 4.88. The number of rotatable bonds is 1. The summed E-state index contributed by atoms with van der Waals surface area (Å²) in [6, 6.07) is 5.59. The molecule has 1 aliphatic rings. The maximum Gasteiger partial charge on any atom is 0.414 e. The number of nitrogens with zero attached hydrogens (tertiary/aromatic N) is 1. The number of hydrogen-bond donors (Lipinski definition) is 0. The van der Waals surface area contributed by atoms with Crippen LogP contribution in [0.4, 0.5) is 10.5 Å². The number of benzene rings is 1. The van der Waals surface area contributed by atoms with Crippen LogP contribution in [-0.2, 0) is 14.9 Å². The minimum Gasteiger partial charge on any atom is -0.443 e. The van der Waals surface area contributed by atoms with E-state index in [-0.39, 0.29) is 0 Å². The van der Waals surface area contributed by atoms with Crippen LogP contribution in [0.5, 0.6) is 0 Å². The van der Waals surface area contributed by atoms with Crippen LogP contribution in [0.25, 0.3) is 0 Å². The molecule has 1 unspecified atom stereocenters. The Bertz CT molecular complexity index is 565. The molecule has 0 N–H and O–H groups in total. The van der Waals surface area contributed by atoms with E-state index < -0.39 is 17.1 Å². The number of ether oxygens (including phenoxy) is 1. The standard InChI is InChI=1S/C15H18BrNO3/c1-14(2,3)20-13(19)17-8-15(4,9-18)11-6-5-10(16)7-12(11)17/h5-7,9H,8H2,1-4H3. The lowest BCUT2D eigenvalue weighted by Crippen LogP contribution is -2.39. The summed E-state index contributed by atoms with van der Waals surface area (Å²) in [4.78, 5) is 25.3. The fourth-order valence-corrected chi connectivity index (χ4v) is 2.64. The van der Waals surface area contributed by atoms with Crippen molar-refractivity contribution in [2.24, 2.45) is 0 Å². The highest BCUT2D eigenvalue weighted by Crippen LogP contribution is 2.41. The molecule has 0 aromatic heterocycles. The molecule has 0 fully saturated rings. The lowest BCUT2D eigenvalue weighted by atomic mass is 9.86. The predicted molar refractivity (Wildman–Crippen MR) is 81.1 cm³/mol. The first kappa shape index (κ1) is 15.0. The van der Waals surface area contributed by atoms with Crippen LogP contribution in [0.15, 0.2) is 22.7 Å². The monoisotopic (exact) mass is 339 g/mol. The summed E-state index contributed by atoms with van der Waals surface area (Å²) in [7, 11) is 0. The van der Waals surface area contributed by atoms with Gasteiger partial charge in [-0.05, 0) is 45.4 Å². The van der Waals surface area contributed by atoms with E-state index in [9.17, 15) is 9.59 Å². The summed E-state index contributed by atoms with van der Waals surface area (Å²) in [5.41, 5.74) is 0.320. The van der Waals surface area contributed by atoms with Crippen LogP contribution in [-0.4, -0.2) is 24.5 Å². The molecule has 0 aliphatic carbocycles. The zero-order valence-electron chi connectivity index (χ0n) is 12.1. The molecule has 1 atom stereocenters. The number of aldehydes is 1. The lowest BCUT2D eigenvalue weighted by Gasteiger charge is -2.25. The zero-order valence-corrected chi connectivity index (χ0v) is 13.7. The number of fused-ring (bicyclic) bond motifs is 1. The topological polar surface area (TPSA) is 46.6 Å². The summed E-state index contributed by atoms with van der Waals surface area (Å²) in [6.45, 7) is 7.60. The summed E-state index contributed by atoms with van der Waals surface area (Å²) in [5, 5.41) is 0. The van der Waals surface area contributed by atoms with Crippen LogP contribution in [0.2, 0.25) is 0 Å². The summed E-state index contributed by atoms with van der Waals surface area (Å²) < 4.78 is 6.27. The van der Waals surface area contributed by atoms with Gasteiger partial charge in [0, 0.05) is 11.0 Å². The van der Waals surface area contributed by atoms with E-state index in [1.165, 1.54) is 4.90 Å². The van der Waals surface area contributed by atoms with Crippen molar-refractivity contribution in [1.29, 1.82) is 0 Å². The van der Waals surface area contributed by atoms with Crippen molar-refractivity contribution in [3.8, 4) is 0 Å². The Hall–Kier alpha value is -1.36. The van der Waals surface area contributed by atoms with Crippen LogP contribution in [0.1, 0.15) is 33.3 Å². The van der Waals surface area contributed by atoms with Gasteiger partial charge >= 0.3 is 6.09 Å². The third-order valence-electron chi connectivity index (χ3n) is 3.23. The SMILES string of the molecule is CC(C)(C)OC(=O)N1CC(C)(C=O)c2ccc(Br)cc21. The van der Waals surface area contributed by atoms with Gasteiger partial charge in [0.05, 0.1) is 11.1 Å². The molecule has 1 amide bonds. The van der Waals surface area contributed by atoms with Crippen molar-refractivity contribution in [3.05, 3.63) is 28.2 Å². The van der Waals surface area contributed by atoms with Gasteiger partial charge in [-0.2, -0.15) is 0 Å². The molecule has 2 rings (SSSR count). The second-order valence-corrected chi connectivity index (χ2v) is 7.18. The van der Waals surface area contributed by atoms with Gasteiger partial charge in [-0.1, -0.05) is 22.0 Å². The van der Waals surface area contributed by atoms with E-state index in [1.807, 2.05) is 45.9 Å². The van der Waals surface area contributed by atoms with Crippen molar-refractivity contribution in [1.82, 2.24) is 0 Å². The molecule has 1 heterocycles. The molecule has 1 aromatic rings. The maximum atomic E-state index is 12.3. The highest BCUT2D eigenvalue weighted by molar-refractivity contribution is 9.10. The molecule has 20 heavy (non-hydrogen) atoms. The van der Waals surface area contributed by atoms with E-state index in [0.717, 1.165) is 22.0 Å². The van der Waals surface area contributed by atoms with Gasteiger partial charge in [0.25, 0.3) is 0 Å². The van der Waals surface area contributed by atoms with E-state index in [0.29, 0.717) is 6.54 Å². The highest BCUT2D eigenvalue weighted by Gasteiger charge is 2.42. The molecule has 0 saturated carbocycles. The van der Waals surface area contributed by atoms with Gasteiger partial charge < -0.3 is 9.53 Å². The van der Waals surface area contributed by atoms with Gasteiger partial charge in [-0.15, -0.1) is 0 Å². The average Bonchev–Trinajstić information content (AvgIpc) is 2.61. The highest BCUT2D eigenvalue weighted by atomic mass is 79.9. The first-order chi connectivity index (χ1) is 9.16. The van der Waals surface area contributed by atoms with E-state index in [1.54, 1.807) is 0 Å². The van der Waals surface area contributed by atoms with E-state index in [2.05, 4.69) is 15.9 Å². The summed E-state index contributed by atoms with van der Waals surface area (Å²) >= 11 is 3.40. The van der Waals surface area contributed by atoms with Crippen LogP contribution >= 0.6 is 15.9 Å². The maximum absolute atomic E-state index is 12.3. The molecule has 1 aliphatic heterocycles. The summed E-state index contributed by atoms with van der Waals surface area (Å²) in [5.74, 6) is 0. The number of amides is 1. The molecule has 0 bridgehead atoms. The van der Waals surface area contributed by atoms with Gasteiger partial charge in [-0.3, -0.25) is 4.90 Å². The normalized spacial score (nSPS) is 21.6. The molecule has 0 spiro atoms. The van der Waals surface area contributed by atoms with Gasteiger partial charge in [0.1, 0.15) is 11.9 Å². The Morgan fingerprint density at radius 2 is 2.10 bits per heavy atom. The first-order valence-electron chi connectivity index (χ1n) is 6.43. The zero-order chi connectivity index (χ0) is 15.1. The van der Waals surface area contributed by atoms with Crippen LogP contribution < -0.4 is 4.90 Å². The Labute approximate surface area is 127 Å². The minimum atomic E-state index is -0.688. The molecule has 0 saturated heterocycles. The van der Waals surface area contributed by atoms with E-state index >= 15 is 0 Å². The molecular formula is C15H18BrNO3. The number of hydrogen-bond acceptors (Lipinski definition) is 3. The van der Waals surface area contributed by atoms with E-state index in [4.69, 9.17) is 4.74 Å². The second-order valence-electron chi connectivity index (χ2n) is 6.26. The summed E-state index contributed by atoms with van der Waals surface area (Å²) in [6.07, 6.45) is 0.465. The Balaban J connectivity index is 2.42. The third-order valence-corrected chi connectivity index (χ3v) is 3.72. The largest absolute Gasteiger partial charge is 0.443 e. The molecule has 1 aromatic carbocycles. The smallest absolute Gasteiger partial charge is 0.414 e. The Morgan fingerprint density at radius 3 is 2.65 bits per heavy atom. The number of carbonyl (C=O) groups is 2. The van der Waals surface area contributed by atoms with Gasteiger partial charge in [0.2, 0.25) is 0 Å².